The second-order valence-corrected chi connectivity index (χ2v) is 6.98. The molecule has 0 aliphatic rings. The number of amidine groups is 1. The van der Waals surface area contributed by atoms with E-state index in [0.29, 0.717) is 40.5 Å². The molecular formula is C19H24N6O2S. The minimum Gasteiger partial charge on any atom is -0.493 e. The minimum absolute atomic E-state index is 0.232. The van der Waals surface area contributed by atoms with Crippen molar-refractivity contribution in [3.8, 4) is 17.1 Å². The van der Waals surface area contributed by atoms with Gasteiger partial charge in [-0.1, -0.05) is 11.8 Å². The summed E-state index contributed by atoms with van der Waals surface area (Å²) in [5.41, 5.74) is 3.14. The van der Waals surface area contributed by atoms with E-state index < -0.39 is 0 Å². The van der Waals surface area contributed by atoms with Crippen LogP contribution in [0.2, 0.25) is 0 Å². The number of fused-ring (bicyclic) bond motifs is 1. The first-order valence-electron chi connectivity index (χ1n) is 8.86. The maximum absolute atomic E-state index is 12.7. The normalized spacial score (nSPS) is 11.9. The third-order valence-electron chi connectivity index (χ3n) is 4.43. The summed E-state index contributed by atoms with van der Waals surface area (Å²) in [6.07, 6.45) is 1.98. The van der Waals surface area contributed by atoms with E-state index in [1.165, 1.54) is 0 Å². The van der Waals surface area contributed by atoms with E-state index in [0.717, 1.165) is 10.9 Å². The van der Waals surface area contributed by atoms with Crippen molar-refractivity contribution >= 4 is 33.7 Å². The highest BCUT2D eigenvalue weighted by Crippen LogP contribution is 2.33. The molecule has 0 atom stereocenters. The zero-order valence-electron chi connectivity index (χ0n) is 16.9. The largest absolute Gasteiger partial charge is 0.493 e. The van der Waals surface area contributed by atoms with Crippen molar-refractivity contribution in [1.29, 1.82) is 0 Å². The summed E-state index contributed by atoms with van der Waals surface area (Å²) >= 11 is 1.56. The number of ether oxygens (including phenoxy) is 1. The molecule has 0 fully saturated rings. The predicted molar refractivity (Wildman–Crippen MR) is 116 cm³/mol. The Kier molecular flexibility index (Phi) is 5.73. The van der Waals surface area contributed by atoms with Crippen molar-refractivity contribution in [2.45, 2.75) is 13.8 Å². The Bertz CT molecular complexity index is 1100. The van der Waals surface area contributed by atoms with Crippen LogP contribution < -0.4 is 15.2 Å². The first kappa shape index (κ1) is 19.9. The van der Waals surface area contributed by atoms with Crippen LogP contribution in [0.1, 0.15) is 12.6 Å². The minimum atomic E-state index is -0.232. The van der Waals surface area contributed by atoms with Crippen LogP contribution in [0.15, 0.2) is 28.0 Å². The van der Waals surface area contributed by atoms with Crippen LogP contribution in [-0.2, 0) is 7.05 Å². The molecule has 0 radical (unpaired) electrons. The second kappa shape index (κ2) is 8.05. The molecular weight excluding hydrogens is 376 g/mol. The van der Waals surface area contributed by atoms with Gasteiger partial charge in [0.05, 0.1) is 17.9 Å². The molecule has 2 heterocycles. The Labute approximate surface area is 167 Å². The number of thioether (sulfide) groups is 1. The zero-order valence-corrected chi connectivity index (χ0v) is 17.7. The fourth-order valence-electron chi connectivity index (χ4n) is 3.15. The van der Waals surface area contributed by atoms with E-state index in [1.807, 2.05) is 50.2 Å². The quantitative estimate of drug-likeness (QED) is 0.535. The lowest BCUT2D eigenvalue weighted by atomic mass is 10.1. The topological polar surface area (TPSA) is 88.4 Å². The van der Waals surface area contributed by atoms with Crippen LogP contribution in [0, 0.1) is 6.92 Å². The molecule has 3 aromatic rings. The van der Waals surface area contributed by atoms with Gasteiger partial charge in [-0.2, -0.15) is 5.10 Å². The number of aliphatic imine (C=N–C) groups is 1. The Morgan fingerprint density at radius 3 is 2.82 bits per heavy atom. The van der Waals surface area contributed by atoms with Gasteiger partial charge in [0, 0.05) is 26.8 Å². The Morgan fingerprint density at radius 2 is 2.18 bits per heavy atom. The number of hydrogen-bond donors (Lipinski definition) is 1. The second-order valence-electron chi connectivity index (χ2n) is 6.20. The third-order valence-corrected chi connectivity index (χ3v) is 5.25. The molecule has 2 aromatic heterocycles. The fourth-order valence-corrected chi connectivity index (χ4v) is 3.71. The van der Waals surface area contributed by atoms with Gasteiger partial charge >= 0.3 is 0 Å². The lowest BCUT2D eigenvalue weighted by Crippen LogP contribution is -2.23. The van der Waals surface area contributed by atoms with Crippen molar-refractivity contribution in [2.75, 3.05) is 31.9 Å². The van der Waals surface area contributed by atoms with E-state index in [2.05, 4.69) is 20.1 Å². The van der Waals surface area contributed by atoms with Gasteiger partial charge in [-0.05, 0) is 38.3 Å². The fraction of sp³-hybridized carbons (Fsp3) is 0.368. The Morgan fingerprint density at radius 1 is 1.43 bits per heavy atom. The number of benzene rings is 1. The van der Waals surface area contributed by atoms with Gasteiger partial charge in [0.2, 0.25) is 0 Å². The highest BCUT2D eigenvalue weighted by Gasteiger charge is 2.18. The van der Waals surface area contributed by atoms with Crippen LogP contribution in [0.3, 0.4) is 0 Å². The molecule has 0 unspecified atom stereocenters. The lowest BCUT2D eigenvalue weighted by Gasteiger charge is -2.21. The van der Waals surface area contributed by atoms with Gasteiger partial charge in [-0.3, -0.25) is 14.5 Å². The van der Waals surface area contributed by atoms with Crippen molar-refractivity contribution in [3.63, 3.8) is 0 Å². The SMILES string of the molecule is CCOc1ccc(N(C)C(=NC)SC)cc1-c1nc2c(C)nn(C)c2c(=O)[nH]1. The first-order chi connectivity index (χ1) is 13.4. The molecule has 1 N–H and O–H groups in total. The number of hydrogen-bond acceptors (Lipinski definition) is 6. The van der Waals surface area contributed by atoms with E-state index in [9.17, 15) is 4.79 Å². The molecule has 3 rings (SSSR count). The van der Waals surface area contributed by atoms with Crippen molar-refractivity contribution in [1.82, 2.24) is 19.7 Å². The van der Waals surface area contributed by atoms with E-state index >= 15 is 0 Å². The first-order valence-corrected chi connectivity index (χ1v) is 10.1. The van der Waals surface area contributed by atoms with Crippen molar-refractivity contribution in [3.05, 3.63) is 34.2 Å². The van der Waals surface area contributed by atoms with Crippen LogP contribution in [0.25, 0.3) is 22.4 Å². The predicted octanol–water partition coefficient (Wildman–Crippen LogP) is 2.82. The number of H-pyrrole nitrogens is 1. The number of nitrogens with zero attached hydrogens (tertiary/aromatic N) is 5. The maximum Gasteiger partial charge on any atom is 0.277 e. The monoisotopic (exact) mass is 400 g/mol. The molecule has 148 valence electrons. The summed E-state index contributed by atoms with van der Waals surface area (Å²) in [6, 6.07) is 5.79. The molecule has 1 aromatic carbocycles. The molecule has 0 aliphatic heterocycles. The summed E-state index contributed by atoms with van der Waals surface area (Å²) in [7, 11) is 5.44. The zero-order chi connectivity index (χ0) is 20.4. The summed E-state index contributed by atoms with van der Waals surface area (Å²) in [6.45, 7) is 4.27. The van der Waals surface area contributed by atoms with Gasteiger partial charge in [0.15, 0.2) is 10.7 Å². The molecule has 8 nitrogen and oxygen atoms in total. The maximum atomic E-state index is 12.7. The van der Waals surface area contributed by atoms with Crippen LogP contribution in [0.5, 0.6) is 5.75 Å². The molecule has 0 spiro atoms. The van der Waals surface area contributed by atoms with Gasteiger partial charge < -0.3 is 14.6 Å². The number of aromatic nitrogens is 4. The van der Waals surface area contributed by atoms with Crippen LogP contribution in [0.4, 0.5) is 5.69 Å². The summed E-state index contributed by atoms with van der Waals surface area (Å²) in [5, 5.41) is 5.18. The smallest absolute Gasteiger partial charge is 0.277 e. The average Bonchev–Trinajstić information content (AvgIpc) is 2.97. The number of aryl methyl sites for hydroxylation is 2. The van der Waals surface area contributed by atoms with Gasteiger partial charge in [-0.25, -0.2) is 4.98 Å². The number of aromatic amines is 1. The highest BCUT2D eigenvalue weighted by atomic mass is 32.2. The molecule has 0 aliphatic carbocycles. The molecule has 0 saturated carbocycles. The van der Waals surface area contributed by atoms with E-state index in [1.54, 1.807) is 30.5 Å². The third kappa shape index (κ3) is 3.49. The molecule has 0 saturated heterocycles. The van der Waals surface area contributed by atoms with Crippen LogP contribution in [-0.4, -0.2) is 51.9 Å². The number of rotatable bonds is 4. The Balaban J connectivity index is 2.22. The van der Waals surface area contributed by atoms with Gasteiger partial charge in [0.1, 0.15) is 17.1 Å². The lowest BCUT2D eigenvalue weighted by molar-refractivity contribution is 0.341. The standard InChI is InChI=1S/C19H24N6O2S/c1-7-27-14-9-8-12(24(4)19(20-3)28-6)10-13(14)17-21-15-11(2)23-25(5)16(15)18(26)22-17/h8-10H,7H2,1-6H3,(H,21,22,26). The van der Waals surface area contributed by atoms with E-state index in [-0.39, 0.29) is 5.56 Å². The number of nitrogens with one attached hydrogen (secondary N) is 1. The van der Waals surface area contributed by atoms with Crippen molar-refractivity contribution in [2.24, 2.45) is 12.0 Å². The average molecular weight is 401 g/mol. The summed E-state index contributed by atoms with van der Waals surface area (Å²) < 4.78 is 7.34. The number of anilines is 1. The van der Waals surface area contributed by atoms with Gasteiger partial charge in [0.25, 0.3) is 5.56 Å². The van der Waals surface area contributed by atoms with Crippen molar-refractivity contribution < 1.29 is 4.74 Å². The van der Waals surface area contributed by atoms with Gasteiger partial charge in [-0.15, -0.1) is 0 Å². The molecule has 9 heteroatoms. The highest BCUT2D eigenvalue weighted by molar-refractivity contribution is 8.13. The van der Waals surface area contributed by atoms with Crippen LogP contribution >= 0.6 is 11.8 Å². The van der Waals surface area contributed by atoms with E-state index in [4.69, 9.17) is 4.74 Å². The summed E-state index contributed by atoms with van der Waals surface area (Å²) in [5.74, 6) is 1.11. The summed E-state index contributed by atoms with van der Waals surface area (Å²) in [4.78, 5) is 26.5. The molecule has 0 amide bonds. The molecule has 28 heavy (non-hydrogen) atoms. The molecule has 0 bridgehead atoms. The Hall–Kier alpha value is -2.81.